The van der Waals surface area contributed by atoms with Crippen molar-refractivity contribution in [2.45, 2.75) is 38.6 Å². The van der Waals surface area contributed by atoms with E-state index in [0.717, 1.165) is 31.2 Å². The Kier molecular flexibility index (Phi) is 5.48. The fourth-order valence-electron chi connectivity index (χ4n) is 3.31. The van der Waals surface area contributed by atoms with Crippen molar-refractivity contribution in [3.05, 3.63) is 53.7 Å². The minimum atomic E-state index is -0.283. The average molecular weight is 341 g/mol. The summed E-state index contributed by atoms with van der Waals surface area (Å²) in [6.07, 6.45) is 9.12. The van der Waals surface area contributed by atoms with Crippen molar-refractivity contribution in [2.24, 2.45) is 0 Å². The molecule has 1 N–H and O–H groups in total. The number of rotatable bonds is 4. The smallest absolute Gasteiger partial charge is 0.255 e. The molecule has 0 aliphatic carbocycles. The molecule has 6 heteroatoms. The van der Waals surface area contributed by atoms with Gasteiger partial charge in [0, 0.05) is 18.9 Å². The Morgan fingerprint density at radius 2 is 2.04 bits per heavy atom. The Bertz CT molecular complexity index is 727. The third-order valence-electron chi connectivity index (χ3n) is 4.67. The Hall–Kier alpha value is -2.63. The van der Waals surface area contributed by atoms with Gasteiger partial charge in [0.15, 0.2) is 0 Å². The summed E-state index contributed by atoms with van der Waals surface area (Å²) in [6.45, 7) is 2.43. The van der Waals surface area contributed by atoms with Gasteiger partial charge in [-0.2, -0.15) is 0 Å². The molecule has 0 aromatic carbocycles. The van der Waals surface area contributed by atoms with Gasteiger partial charge in [-0.3, -0.25) is 14.6 Å². The molecule has 25 heavy (non-hydrogen) atoms. The zero-order chi connectivity index (χ0) is 17.6. The summed E-state index contributed by atoms with van der Waals surface area (Å²) >= 11 is 0. The fourth-order valence-corrected chi connectivity index (χ4v) is 3.31. The van der Waals surface area contributed by atoms with Crippen LogP contribution in [0.15, 0.2) is 41.3 Å². The van der Waals surface area contributed by atoms with Gasteiger partial charge >= 0.3 is 0 Å². The molecule has 2 aromatic heterocycles. The van der Waals surface area contributed by atoms with Gasteiger partial charge in [-0.15, -0.1) is 0 Å². The molecule has 1 fully saturated rings. The first kappa shape index (κ1) is 17.2. The van der Waals surface area contributed by atoms with Crippen LogP contribution < -0.4 is 5.32 Å². The number of aromatic nitrogens is 1. The second-order valence-electron chi connectivity index (χ2n) is 6.31. The van der Waals surface area contributed by atoms with Crippen molar-refractivity contribution in [2.75, 3.05) is 13.1 Å². The van der Waals surface area contributed by atoms with Crippen LogP contribution in [-0.4, -0.2) is 34.8 Å². The van der Waals surface area contributed by atoms with E-state index < -0.39 is 0 Å². The lowest BCUT2D eigenvalue weighted by Gasteiger charge is -2.30. The predicted octanol–water partition coefficient (Wildman–Crippen LogP) is 2.86. The number of carbonyl (C=O) groups excluding carboxylic acids is 2. The molecule has 2 amide bonds. The van der Waals surface area contributed by atoms with Crippen LogP contribution in [0.3, 0.4) is 0 Å². The topological polar surface area (TPSA) is 75.4 Å². The van der Waals surface area contributed by atoms with E-state index in [1.54, 1.807) is 25.4 Å². The number of carbonyl (C=O) groups is 2. The number of nitrogens with one attached hydrogen (secondary N) is 1. The Morgan fingerprint density at radius 3 is 2.76 bits per heavy atom. The maximum absolute atomic E-state index is 12.8. The lowest BCUT2D eigenvalue weighted by atomic mass is 10.0. The number of hydrogen-bond acceptors (Lipinski definition) is 4. The average Bonchev–Trinajstić information content (AvgIpc) is 2.92. The zero-order valence-corrected chi connectivity index (χ0v) is 14.4. The highest BCUT2D eigenvalue weighted by Gasteiger charge is 2.27. The van der Waals surface area contributed by atoms with Gasteiger partial charge in [-0.1, -0.05) is 12.8 Å². The first-order valence-corrected chi connectivity index (χ1v) is 8.68. The molecule has 0 spiro atoms. The lowest BCUT2D eigenvalue weighted by Crippen LogP contribution is -2.42. The Morgan fingerprint density at radius 1 is 1.24 bits per heavy atom. The molecule has 0 saturated carbocycles. The number of nitrogens with zero attached hydrogens (tertiary/aromatic N) is 2. The van der Waals surface area contributed by atoms with Crippen LogP contribution in [0.25, 0.3) is 0 Å². The molecule has 3 heterocycles. The van der Waals surface area contributed by atoms with Gasteiger partial charge in [-0.05, 0) is 43.5 Å². The summed E-state index contributed by atoms with van der Waals surface area (Å²) in [5.74, 6) is 0.211. The summed E-state index contributed by atoms with van der Waals surface area (Å²) in [6, 6.07) is 5.58. The quantitative estimate of drug-likeness (QED) is 0.928. The molecule has 3 rings (SSSR count). The number of furan rings is 1. The predicted molar refractivity (Wildman–Crippen MR) is 92.9 cm³/mol. The minimum Gasteiger partial charge on any atom is -0.469 e. The maximum Gasteiger partial charge on any atom is 0.255 e. The highest BCUT2D eigenvalue weighted by atomic mass is 16.3. The van der Waals surface area contributed by atoms with Gasteiger partial charge < -0.3 is 14.6 Å². The summed E-state index contributed by atoms with van der Waals surface area (Å²) in [4.78, 5) is 30.9. The van der Waals surface area contributed by atoms with Crippen molar-refractivity contribution in [1.29, 1.82) is 0 Å². The Balaban J connectivity index is 1.68. The summed E-state index contributed by atoms with van der Waals surface area (Å²) < 4.78 is 5.14. The maximum atomic E-state index is 12.8. The van der Waals surface area contributed by atoms with E-state index in [9.17, 15) is 9.59 Å². The molecule has 132 valence electrons. The summed E-state index contributed by atoms with van der Waals surface area (Å²) in [5.41, 5.74) is 1.57. The third kappa shape index (κ3) is 4.07. The van der Waals surface area contributed by atoms with Crippen LogP contribution in [0, 0.1) is 6.92 Å². The van der Waals surface area contributed by atoms with E-state index in [1.165, 1.54) is 6.26 Å². The molecular weight excluding hydrogens is 318 g/mol. The molecular formula is C19H23N3O3. The molecule has 1 saturated heterocycles. The molecule has 0 bridgehead atoms. The SMILES string of the molecule is Cc1occc1C(=O)NCC(=O)N1CCCCCC1c1ccncc1. The first-order valence-electron chi connectivity index (χ1n) is 8.68. The van der Waals surface area contributed by atoms with Crippen molar-refractivity contribution >= 4 is 11.8 Å². The monoisotopic (exact) mass is 341 g/mol. The van der Waals surface area contributed by atoms with Crippen molar-refractivity contribution in [1.82, 2.24) is 15.2 Å². The highest BCUT2D eigenvalue weighted by molar-refractivity contribution is 5.97. The number of amides is 2. The largest absolute Gasteiger partial charge is 0.469 e. The molecule has 6 nitrogen and oxygen atoms in total. The van der Waals surface area contributed by atoms with Gasteiger partial charge in [-0.25, -0.2) is 0 Å². The number of hydrogen-bond donors (Lipinski definition) is 1. The van der Waals surface area contributed by atoms with Crippen LogP contribution in [0.5, 0.6) is 0 Å². The minimum absolute atomic E-state index is 0.00889. The fraction of sp³-hybridized carbons (Fsp3) is 0.421. The molecule has 1 aliphatic rings. The molecule has 1 aliphatic heterocycles. The second-order valence-corrected chi connectivity index (χ2v) is 6.31. The molecule has 2 aromatic rings. The van der Waals surface area contributed by atoms with E-state index in [4.69, 9.17) is 4.42 Å². The zero-order valence-electron chi connectivity index (χ0n) is 14.4. The first-order chi connectivity index (χ1) is 12.2. The second kappa shape index (κ2) is 7.96. The summed E-state index contributed by atoms with van der Waals surface area (Å²) in [5, 5.41) is 2.71. The molecule has 1 unspecified atom stereocenters. The standard InChI is InChI=1S/C19H23N3O3/c1-14-16(8-12-25-14)19(24)21-13-18(23)22-11-4-2-3-5-17(22)15-6-9-20-10-7-15/h6-10,12,17H,2-5,11,13H2,1H3,(H,21,24). The van der Waals surface area contributed by atoms with E-state index in [2.05, 4.69) is 10.3 Å². The van der Waals surface area contributed by atoms with Gasteiger partial charge in [0.05, 0.1) is 24.4 Å². The summed E-state index contributed by atoms with van der Waals surface area (Å²) in [7, 11) is 0. The van der Waals surface area contributed by atoms with Crippen molar-refractivity contribution in [3.63, 3.8) is 0 Å². The van der Waals surface area contributed by atoms with Crippen molar-refractivity contribution in [3.8, 4) is 0 Å². The Labute approximate surface area is 147 Å². The van der Waals surface area contributed by atoms with Gasteiger partial charge in [0.2, 0.25) is 5.91 Å². The molecule has 1 atom stereocenters. The van der Waals surface area contributed by atoms with Crippen LogP contribution in [0.1, 0.15) is 53.4 Å². The highest BCUT2D eigenvalue weighted by Crippen LogP contribution is 2.29. The van der Waals surface area contributed by atoms with Crippen LogP contribution in [-0.2, 0) is 4.79 Å². The van der Waals surface area contributed by atoms with Gasteiger partial charge in [0.1, 0.15) is 5.76 Å². The number of aryl methyl sites for hydroxylation is 1. The lowest BCUT2D eigenvalue weighted by molar-refractivity contribution is -0.132. The molecule has 0 radical (unpaired) electrons. The third-order valence-corrected chi connectivity index (χ3v) is 4.67. The normalized spacial score (nSPS) is 17.8. The van der Waals surface area contributed by atoms with E-state index in [0.29, 0.717) is 17.9 Å². The van der Waals surface area contributed by atoms with Crippen LogP contribution in [0.2, 0.25) is 0 Å². The van der Waals surface area contributed by atoms with E-state index in [-0.39, 0.29) is 24.4 Å². The van der Waals surface area contributed by atoms with E-state index >= 15 is 0 Å². The van der Waals surface area contributed by atoms with Gasteiger partial charge in [0.25, 0.3) is 5.91 Å². The van der Waals surface area contributed by atoms with E-state index in [1.807, 2.05) is 17.0 Å². The number of likely N-dealkylation sites (tertiary alicyclic amines) is 1. The van der Waals surface area contributed by atoms with Crippen LogP contribution in [0.4, 0.5) is 0 Å². The number of pyridine rings is 1. The van der Waals surface area contributed by atoms with Crippen LogP contribution >= 0.6 is 0 Å². The van der Waals surface area contributed by atoms with Crippen molar-refractivity contribution < 1.29 is 14.0 Å².